The summed E-state index contributed by atoms with van der Waals surface area (Å²) in [6.07, 6.45) is 3.89. The monoisotopic (exact) mass is 198 g/mol. The summed E-state index contributed by atoms with van der Waals surface area (Å²) in [6, 6.07) is -0.231. The number of hydrogen-bond donors (Lipinski definition) is 1. The van der Waals surface area contributed by atoms with Crippen LogP contribution in [0.5, 0.6) is 0 Å². The molecule has 1 aliphatic heterocycles. The lowest BCUT2D eigenvalue weighted by atomic mass is 9.96. The largest absolute Gasteiger partial charge is 0.332 e. The predicted molar refractivity (Wildman–Crippen MR) is 53.6 cm³/mol. The molecule has 0 aliphatic carbocycles. The number of carbonyl (C=O) groups excluding carboxylic acids is 2. The zero-order chi connectivity index (χ0) is 10.6. The Labute approximate surface area is 84.4 Å². The number of amides is 1. The summed E-state index contributed by atoms with van der Waals surface area (Å²) in [5, 5.41) is 0. The molecule has 4 nitrogen and oxygen atoms in total. The van der Waals surface area contributed by atoms with Gasteiger partial charge < -0.3 is 15.4 Å². The highest BCUT2D eigenvalue weighted by Crippen LogP contribution is 2.26. The Bertz CT molecular complexity index is 218. The number of likely N-dealkylation sites (tertiary alicyclic amines) is 1. The van der Waals surface area contributed by atoms with Crippen LogP contribution in [0.4, 0.5) is 0 Å². The Hall–Kier alpha value is -0.900. The van der Waals surface area contributed by atoms with Crippen molar-refractivity contribution >= 4 is 12.2 Å². The van der Waals surface area contributed by atoms with E-state index in [1.807, 2.05) is 0 Å². The van der Waals surface area contributed by atoms with Gasteiger partial charge in [-0.1, -0.05) is 13.3 Å². The highest BCUT2D eigenvalue weighted by molar-refractivity contribution is 5.82. The summed E-state index contributed by atoms with van der Waals surface area (Å²) in [5.41, 5.74) is 5.28. The second kappa shape index (κ2) is 5.10. The molecule has 80 valence electrons. The zero-order valence-corrected chi connectivity index (χ0v) is 8.61. The van der Waals surface area contributed by atoms with E-state index in [2.05, 4.69) is 6.92 Å². The normalized spacial score (nSPS) is 26.6. The van der Waals surface area contributed by atoms with E-state index in [0.717, 1.165) is 25.5 Å². The first kappa shape index (κ1) is 11.2. The molecule has 1 amide bonds. The van der Waals surface area contributed by atoms with E-state index in [4.69, 9.17) is 5.73 Å². The van der Waals surface area contributed by atoms with Gasteiger partial charge in [-0.3, -0.25) is 4.79 Å². The van der Waals surface area contributed by atoms with Crippen LogP contribution in [0.25, 0.3) is 0 Å². The van der Waals surface area contributed by atoms with Crippen LogP contribution in [0.1, 0.15) is 26.2 Å². The first-order chi connectivity index (χ1) is 6.74. The highest BCUT2D eigenvalue weighted by Gasteiger charge is 2.35. The topological polar surface area (TPSA) is 63.4 Å². The van der Waals surface area contributed by atoms with E-state index in [1.165, 1.54) is 0 Å². The second-order valence-electron chi connectivity index (χ2n) is 3.76. The van der Waals surface area contributed by atoms with Gasteiger partial charge in [0.15, 0.2) is 0 Å². The summed E-state index contributed by atoms with van der Waals surface area (Å²) in [6.45, 7) is 2.78. The number of aldehydes is 1. The van der Waals surface area contributed by atoms with Crippen molar-refractivity contribution in [2.24, 2.45) is 11.7 Å². The van der Waals surface area contributed by atoms with Crippen LogP contribution >= 0.6 is 0 Å². The van der Waals surface area contributed by atoms with Crippen molar-refractivity contribution in [3.8, 4) is 0 Å². The summed E-state index contributed by atoms with van der Waals surface area (Å²) < 4.78 is 0. The van der Waals surface area contributed by atoms with E-state index in [-0.39, 0.29) is 18.5 Å². The van der Waals surface area contributed by atoms with Crippen molar-refractivity contribution in [2.45, 2.75) is 32.2 Å². The predicted octanol–water partition coefficient (Wildman–Crippen LogP) is 0.161. The Morgan fingerprint density at radius 2 is 2.36 bits per heavy atom. The van der Waals surface area contributed by atoms with Crippen LogP contribution in [0, 0.1) is 5.92 Å². The molecule has 0 aromatic heterocycles. The maximum absolute atomic E-state index is 11.4. The highest BCUT2D eigenvalue weighted by atomic mass is 16.2. The van der Waals surface area contributed by atoms with Crippen LogP contribution in [-0.4, -0.2) is 36.2 Å². The Kier molecular flexibility index (Phi) is 4.07. The Morgan fingerprint density at radius 3 is 2.86 bits per heavy atom. The molecule has 0 spiro atoms. The van der Waals surface area contributed by atoms with Crippen molar-refractivity contribution < 1.29 is 9.59 Å². The molecule has 0 radical (unpaired) electrons. The molecule has 0 bridgehead atoms. The van der Waals surface area contributed by atoms with Crippen molar-refractivity contribution in [1.82, 2.24) is 4.90 Å². The first-order valence-corrected chi connectivity index (χ1v) is 5.19. The zero-order valence-electron chi connectivity index (χ0n) is 8.61. The van der Waals surface area contributed by atoms with Crippen LogP contribution in [0.15, 0.2) is 0 Å². The van der Waals surface area contributed by atoms with Gasteiger partial charge in [0, 0.05) is 6.54 Å². The molecule has 1 fully saturated rings. The van der Waals surface area contributed by atoms with Crippen LogP contribution in [-0.2, 0) is 9.59 Å². The molecule has 4 heteroatoms. The second-order valence-corrected chi connectivity index (χ2v) is 3.76. The lowest BCUT2D eigenvalue weighted by Crippen LogP contribution is -2.42. The van der Waals surface area contributed by atoms with Gasteiger partial charge >= 0.3 is 0 Å². The standard InChI is InChI=1S/C10H18N2O2/c1-2-3-8-4-5-12(9(8)7-13)10(14)6-11/h7-9H,2-6,11H2,1H3/t8-,9-/m1/s1. The third-order valence-electron chi connectivity index (χ3n) is 2.88. The number of rotatable bonds is 4. The van der Waals surface area contributed by atoms with E-state index in [9.17, 15) is 9.59 Å². The minimum Gasteiger partial charge on any atom is -0.332 e. The van der Waals surface area contributed by atoms with E-state index < -0.39 is 0 Å². The third-order valence-corrected chi connectivity index (χ3v) is 2.88. The number of carbonyl (C=O) groups is 2. The van der Waals surface area contributed by atoms with Crippen molar-refractivity contribution in [3.63, 3.8) is 0 Å². The fourth-order valence-electron chi connectivity index (χ4n) is 2.16. The fraction of sp³-hybridized carbons (Fsp3) is 0.800. The molecular formula is C10H18N2O2. The van der Waals surface area contributed by atoms with Gasteiger partial charge in [0.25, 0.3) is 0 Å². The van der Waals surface area contributed by atoms with Crippen molar-refractivity contribution in [2.75, 3.05) is 13.1 Å². The number of nitrogens with zero attached hydrogens (tertiary/aromatic N) is 1. The van der Waals surface area contributed by atoms with Gasteiger partial charge in [0.2, 0.25) is 5.91 Å². The Balaban J connectivity index is 2.63. The number of hydrogen-bond acceptors (Lipinski definition) is 3. The average Bonchev–Trinajstić information content (AvgIpc) is 2.60. The van der Waals surface area contributed by atoms with E-state index in [0.29, 0.717) is 12.5 Å². The van der Waals surface area contributed by atoms with Crippen LogP contribution in [0.2, 0.25) is 0 Å². The molecular weight excluding hydrogens is 180 g/mol. The lowest BCUT2D eigenvalue weighted by molar-refractivity contribution is -0.133. The number of nitrogens with two attached hydrogens (primary N) is 1. The molecule has 0 aromatic carbocycles. The van der Waals surface area contributed by atoms with Gasteiger partial charge in [0.1, 0.15) is 6.29 Å². The van der Waals surface area contributed by atoms with Crippen molar-refractivity contribution in [1.29, 1.82) is 0 Å². The third kappa shape index (κ3) is 2.12. The van der Waals surface area contributed by atoms with Crippen molar-refractivity contribution in [3.05, 3.63) is 0 Å². The molecule has 1 rings (SSSR count). The van der Waals surface area contributed by atoms with Gasteiger partial charge in [-0.25, -0.2) is 0 Å². The Morgan fingerprint density at radius 1 is 1.64 bits per heavy atom. The van der Waals surface area contributed by atoms with Gasteiger partial charge in [-0.15, -0.1) is 0 Å². The first-order valence-electron chi connectivity index (χ1n) is 5.19. The quantitative estimate of drug-likeness (QED) is 0.654. The molecule has 1 saturated heterocycles. The molecule has 0 unspecified atom stereocenters. The van der Waals surface area contributed by atoms with Gasteiger partial charge in [-0.2, -0.15) is 0 Å². The molecule has 2 N–H and O–H groups in total. The minimum absolute atomic E-state index is 0.00316. The molecule has 2 atom stereocenters. The smallest absolute Gasteiger partial charge is 0.236 e. The van der Waals surface area contributed by atoms with E-state index >= 15 is 0 Å². The summed E-state index contributed by atoms with van der Waals surface area (Å²) in [7, 11) is 0. The molecule has 14 heavy (non-hydrogen) atoms. The summed E-state index contributed by atoms with van der Waals surface area (Å²) >= 11 is 0. The molecule has 1 heterocycles. The van der Waals surface area contributed by atoms with Crippen LogP contribution < -0.4 is 5.73 Å². The summed E-state index contributed by atoms with van der Waals surface area (Å²) in [4.78, 5) is 23.9. The maximum atomic E-state index is 11.4. The summed E-state index contributed by atoms with van der Waals surface area (Å²) in [5.74, 6) is 0.230. The van der Waals surface area contributed by atoms with Crippen LogP contribution in [0.3, 0.4) is 0 Å². The molecule has 0 saturated carbocycles. The van der Waals surface area contributed by atoms with E-state index in [1.54, 1.807) is 4.90 Å². The fourth-order valence-corrected chi connectivity index (χ4v) is 2.16. The molecule has 0 aromatic rings. The average molecular weight is 198 g/mol. The molecule has 1 aliphatic rings. The van der Waals surface area contributed by atoms with Gasteiger partial charge in [-0.05, 0) is 18.8 Å². The van der Waals surface area contributed by atoms with Gasteiger partial charge in [0.05, 0.1) is 12.6 Å². The maximum Gasteiger partial charge on any atom is 0.236 e. The SMILES string of the molecule is CCC[C@@H]1CCN(C(=O)CN)[C@@H]1C=O. The lowest BCUT2D eigenvalue weighted by Gasteiger charge is -2.22. The minimum atomic E-state index is -0.231.